The average molecular weight is 364 g/mol. The predicted octanol–water partition coefficient (Wildman–Crippen LogP) is 3.06. The van der Waals surface area contributed by atoms with Gasteiger partial charge in [-0.3, -0.25) is 0 Å². The summed E-state index contributed by atoms with van der Waals surface area (Å²) in [5, 5.41) is 2.89. The van der Waals surface area contributed by atoms with Crippen molar-refractivity contribution in [3.8, 4) is 0 Å². The molecule has 2 rings (SSSR count). The molecule has 146 valence electrons. The number of carbonyl (C=O) groups excluding carboxylic acids is 1. The molecule has 0 bridgehead atoms. The van der Waals surface area contributed by atoms with Gasteiger partial charge in [-0.15, -0.1) is 0 Å². The molecule has 0 saturated carbocycles. The highest BCUT2D eigenvalue weighted by molar-refractivity contribution is 5.67. The summed E-state index contributed by atoms with van der Waals surface area (Å²) in [5.41, 5.74) is -0.455. The van der Waals surface area contributed by atoms with E-state index >= 15 is 0 Å². The molecular formula is C19H33N5O2. The van der Waals surface area contributed by atoms with Crippen LogP contribution in [0.2, 0.25) is 0 Å². The van der Waals surface area contributed by atoms with Crippen molar-refractivity contribution < 1.29 is 9.53 Å². The van der Waals surface area contributed by atoms with Crippen LogP contribution in [0.15, 0.2) is 12.4 Å². The van der Waals surface area contributed by atoms with Gasteiger partial charge < -0.3 is 19.9 Å². The van der Waals surface area contributed by atoms with Crippen LogP contribution in [-0.4, -0.2) is 54.4 Å². The number of nitrogens with one attached hydrogen (secondary N) is 1. The van der Waals surface area contributed by atoms with E-state index in [-0.39, 0.29) is 6.09 Å². The SMILES string of the molecule is CCN(CC)c1cc(N2CCC(CNC(=O)OC(C)(C)C)CC2)ncn1. The maximum absolute atomic E-state index is 11.8. The molecule has 1 aromatic rings. The van der Waals surface area contributed by atoms with E-state index in [9.17, 15) is 4.79 Å². The maximum Gasteiger partial charge on any atom is 0.407 e. The molecule has 1 fully saturated rings. The zero-order valence-electron chi connectivity index (χ0n) is 16.8. The number of hydrogen-bond acceptors (Lipinski definition) is 6. The molecule has 1 amide bonds. The van der Waals surface area contributed by atoms with Gasteiger partial charge in [0.2, 0.25) is 0 Å². The van der Waals surface area contributed by atoms with E-state index in [1.54, 1.807) is 6.33 Å². The molecule has 1 aliphatic rings. The number of alkyl carbamates (subject to hydrolysis) is 1. The Hall–Kier alpha value is -2.05. The van der Waals surface area contributed by atoms with Gasteiger partial charge in [0.1, 0.15) is 23.6 Å². The number of aromatic nitrogens is 2. The van der Waals surface area contributed by atoms with Crippen LogP contribution in [0.1, 0.15) is 47.5 Å². The first-order chi connectivity index (χ1) is 12.3. The molecule has 0 radical (unpaired) electrons. The number of piperidine rings is 1. The fourth-order valence-electron chi connectivity index (χ4n) is 3.14. The smallest absolute Gasteiger partial charge is 0.407 e. The van der Waals surface area contributed by atoms with E-state index in [1.165, 1.54) is 0 Å². The van der Waals surface area contributed by atoms with Gasteiger partial charge in [-0.25, -0.2) is 14.8 Å². The largest absolute Gasteiger partial charge is 0.444 e. The fraction of sp³-hybridized carbons (Fsp3) is 0.737. The van der Waals surface area contributed by atoms with E-state index in [1.807, 2.05) is 20.8 Å². The summed E-state index contributed by atoms with van der Waals surface area (Å²) in [6, 6.07) is 2.08. The van der Waals surface area contributed by atoms with Crippen molar-refractivity contribution in [3.05, 3.63) is 12.4 Å². The summed E-state index contributed by atoms with van der Waals surface area (Å²) in [6.45, 7) is 14.3. The van der Waals surface area contributed by atoms with Crippen molar-refractivity contribution in [2.24, 2.45) is 5.92 Å². The van der Waals surface area contributed by atoms with Crippen LogP contribution < -0.4 is 15.1 Å². The zero-order chi connectivity index (χ0) is 19.2. The molecule has 26 heavy (non-hydrogen) atoms. The molecule has 0 unspecified atom stereocenters. The summed E-state index contributed by atoms with van der Waals surface area (Å²) in [4.78, 5) is 25.2. The maximum atomic E-state index is 11.8. The minimum absolute atomic E-state index is 0.334. The lowest BCUT2D eigenvalue weighted by molar-refractivity contribution is 0.0517. The highest BCUT2D eigenvalue weighted by Crippen LogP contribution is 2.23. The van der Waals surface area contributed by atoms with Crippen LogP contribution >= 0.6 is 0 Å². The fourth-order valence-corrected chi connectivity index (χ4v) is 3.14. The molecule has 0 aromatic carbocycles. The summed E-state index contributed by atoms with van der Waals surface area (Å²) in [5.74, 6) is 2.44. The van der Waals surface area contributed by atoms with E-state index in [0.717, 1.165) is 50.7 Å². The van der Waals surface area contributed by atoms with Crippen molar-refractivity contribution in [1.82, 2.24) is 15.3 Å². The monoisotopic (exact) mass is 363 g/mol. The third-order valence-electron chi connectivity index (χ3n) is 4.60. The van der Waals surface area contributed by atoms with Gasteiger partial charge in [0.15, 0.2) is 0 Å². The molecule has 2 heterocycles. The first-order valence-corrected chi connectivity index (χ1v) is 9.61. The van der Waals surface area contributed by atoms with Crippen LogP contribution in [0.25, 0.3) is 0 Å². The summed E-state index contributed by atoms with van der Waals surface area (Å²) < 4.78 is 5.29. The highest BCUT2D eigenvalue weighted by atomic mass is 16.6. The molecule has 0 spiro atoms. The van der Waals surface area contributed by atoms with Gasteiger partial charge in [-0.2, -0.15) is 0 Å². The Morgan fingerprint density at radius 2 is 1.92 bits per heavy atom. The lowest BCUT2D eigenvalue weighted by Crippen LogP contribution is -2.40. The lowest BCUT2D eigenvalue weighted by atomic mass is 9.97. The molecule has 0 aliphatic carbocycles. The third kappa shape index (κ3) is 6.04. The number of amides is 1. The van der Waals surface area contributed by atoms with Crippen LogP contribution in [0.3, 0.4) is 0 Å². The normalized spacial score (nSPS) is 15.7. The van der Waals surface area contributed by atoms with Gasteiger partial charge in [0.25, 0.3) is 0 Å². The number of hydrogen-bond donors (Lipinski definition) is 1. The Kier molecular flexibility index (Phi) is 7.06. The number of rotatable bonds is 6. The zero-order valence-corrected chi connectivity index (χ0v) is 16.8. The van der Waals surface area contributed by atoms with E-state index < -0.39 is 5.60 Å². The number of anilines is 2. The van der Waals surface area contributed by atoms with Crippen molar-refractivity contribution in [1.29, 1.82) is 0 Å². The Morgan fingerprint density at radius 1 is 1.27 bits per heavy atom. The molecule has 7 nitrogen and oxygen atoms in total. The highest BCUT2D eigenvalue weighted by Gasteiger charge is 2.22. The van der Waals surface area contributed by atoms with Gasteiger partial charge in [-0.1, -0.05) is 0 Å². The minimum Gasteiger partial charge on any atom is -0.444 e. The topological polar surface area (TPSA) is 70.6 Å². The second-order valence-electron chi connectivity index (χ2n) is 7.72. The first-order valence-electron chi connectivity index (χ1n) is 9.61. The van der Waals surface area contributed by atoms with Gasteiger partial charge in [0.05, 0.1) is 0 Å². The summed E-state index contributed by atoms with van der Waals surface area (Å²) in [7, 11) is 0. The Bertz CT molecular complexity index is 576. The molecule has 1 saturated heterocycles. The second kappa shape index (κ2) is 9.05. The molecule has 7 heteroatoms. The van der Waals surface area contributed by atoms with Crippen LogP contribution in [-0.2, 0) is 4.74 Å². The third-order valence-corrected chi connectivity index (χ3v) is 4.60. The average Bonchev–Trinajstić information content (AvgIpc) is 2.60. The molecule has 1 aliphatic heterocycles. The van der Waals surface area contributed by atoms with Gasteiger partial charge in [-0.05, 0) is 53.4 Å². The van der Waals surface area contributed by atoms with Gasteiger partial charge >= 0.3 is 6.09 Å². The van der Waals surface area contributed by atoms with Crippen LogP contribution in [0.4, 0.5) is 16.4 Å². The molecular weight excluding hydrogens is 330 g/mol. The quantitative estimate of drug-likeness (QED) is 0.838. The summed E-state index contributed by atoms with van der Waals surface area (Å²) in [6.07, 6.45) is 3.37. The molecule has 1 aromatic heterocycles. The Balaban J connectivity index is 1.83. The Labute approximate surface area is 157 Å². The first kappa shape index (κ1) is 20.3. The number of carbonyl (C=O) groups is 1. The second-order valence-corrected chi connectivity index (χ2v) is 7.72. The van der Waals surface area contributed by atoms with Crippen molar-refractivity contribution in [2.75, 3.05) is 42.5 Å². The number of nitrogens with zero attached hydrogens (tertiary/aromatic N) is 4. The minimum atomic E-state index is -0.455. The number of ether oxygens (including phenoxy) is 1. The van der Waals surface area contributed by atoms with Crippen LogP contribution in [0.5, 0.6) is 0 Å². The van der Waals surface area contributed by atoms with Gasteiger partial charge in [0, 0.05) is 38.8 Å². The summed E-state index contributed by atoms with van der Waals surface area (Å²) >= 11 is 0. The molecule has 1 N–H and O–H groups in total. The van der Waals surface area contributed by atoms with E-state index in [0.29, 0.717) is 12.5 Å². The van der Waals surface area contributed by atoms with Crippen molar-refractivity contribution in [3.63, 3.8) is 0 Å². The van der Waals surface area contributed by atoms with Crippen LogP contribution in [0, 0.1) is 5.92 Å². The van der Waals surface area contributed by atoms with E-state index in [4.69, 9.17) is 4.74 Å². The predicted molar refractivity (Wildman–Crippen MR) is 105 cm³/mol. The van der Waals surface area contributed by atoms with Crippen molar-refractivity contribution >= 4 is 17.7 Å². The Morgan fingerprint density at radius 3 is 2.50 bits per heavy atom. The van der Waals surface area contributed by atoms with E-state index in [2.05, 4.69) is 45.0 Å². The molecule has 0 atom stereocenters. The van der Waals surface area contributed by atoms with Crippen molar-refractivity contribution in [2.45, 2.75) is 53.1 Å². The standard InChI is InChI=1S/C19H33N5O2/c1-6-23(7-2)16-12-17(22-14-21-16)24-10-8-15(9-11-24)13-20-18(25)26-19(3,4)5/h12,14-15H,6-11,13H2,1-5H3,(H,20,25). The lowest BCUT2D eigenvalue weighted by Gasteiger charge is -2.33.